The van der Waals surface area contributed by atoms with E-state index in [4.69, 9.17) is 0 Å². The van der Waals surface area contributed by atoms with E-state index < -0.39 is 17.6 Å². The summed E-state index contributed by atoms with van der Waals surface area (Å²) < 4.78 is 51.0. The van der Waals surface area contributed by atoms with Crippen molar-refractivity contribution < 1.29 is 17.6 Å². The van der Waals surface area contributed by atoms with Crippen LogP contribution in [0.2, 0.25) is 0 Å². The van der Waals surface area contributed by atoms with Gasteiger partial charge < -0.3 is 5.32 Å². The second-order valence-corrected chi connectivity index (χ2v) is 4.00. The molecule has 0 saturated carbocycles. The van der Waals surface area contributed by atoms with Gasteiger partial charge in [0, 0.05) is 6.54 Å². The van der Waals surface area contributed by atoms with Crippen molar-refractivity contribution >= 4 is 6.08 Å². The van der Waals surface area contributed by atoms with Crippen molar-refractivity contribution in [3.63, 3.8) is 0 Å². The number of alkyl halides is 3. The molecule has 0 aliphatic carbocycles. The smallest absolute Gasteiger partial charge is 0.313 e. The zero-order valence-corrected chi connectivity index (χ0v) is 10.2. The predicted octanol–water partition coefficient (Wildman–Crippen LogP) is 3.86. The van der Waals surface area contributed by atoms with Gasteiger partial charge in [-0.1, -0.05) is 24.6 Å². The number of benzene rings is 1. The molecule has 0 fully saturated rings. The fraction of sp³-hybridized carbons (Fsp3) is 0.385. The van der Waals surface area contributed by atoms with Crippen molar-refractivity contribution in [2.75, 3.05) is 13.1 Å². The van der Waals surface area contributed by atoms with Gasteiger partial charge in [0.1, 0.15) is 5.82 Å². The Labute approximate surface area is 104 Å². The molecule has 0 aliphatic heterocycles. The summed E-state index contributed by atoms with van der Waals surface area (Å²) in [6, 6.07) is 2.70. The lowest BCUT2D eigenvalue weighted by Gasteiger charge is -2.11. The number of halogens is 4. The maximum absolute atomic E-state index is 12.9. The van der Waals surface area contributed by atoms with Gasteiger partial charge in [-0.2, -0.15) is 13.2 Å². The molecule has 0 atom stereocenters. The second kappa shape index (κ2) is 6.00. The van der Waals surface area contributed by atoms with E-state index in [1.165, 1.54) is 6.08 Å². The van der Waals surface area contributed by atoms with Crippen molar-refractivity contribution in [1.29, 1.82) is 0 Å². The van der Waals surface area contributed by atoms with Crippen LogP contribution < -0.4 is 5.32 Å². The first kappa shape index (κ1) is 14.7. The molecule has 0 spiro atoms. The maximum Gasteiger partial charge on any atom is 0.417 e. The molecule has 1 rings (SSSR count). The highest BCUT2D eigenvalue weighted by Gasteiger charge is 2.33. The molecule has 100 valence electrons. The molecule has 0 heterocycles. The maximum atomic E-state index is 12.9. The molecule has 0 saturated heterocycles. The molecule has 18 heavy (non-hydrogen) atoms. The summed E-state index contributed by atoms with van der Waals surface area (Å²) in [6.07, 6.45) is -3.13. The Morgan fingerprint density at radius 1 is 1.33 bits per heavy atom. The lowest BCUT2D eigenvalue weighted by atomic mass is 10.0. The highest BCUT2D eigenvalue weighted by Crippen LogP contribution is 2.33. The largest absolute Gasteiger partial charge is 0.417 e. The minimum absolute atomic E-state index is 0.0145. The monoisotopic (exact) mass is 261 g/mol. The van der Waals surface area contributed by atoms with Crippen LogP contribution in [-0.4, -0.2) is 13.1 Å². The molecular formula is C13H15F4N. The molecule has 0 aromatic heterocycles. The zero-order chi connectivity index (χ0) is 13.8. The van der Waals surface area contributed by atoms with Gasteiger partial charge in [0.15, 0.2) is 0 Å². The Bertz CT molecular complexity index is 435. The van der Waals surface area contributed by atoms with Gasteiger partial charge in [0.05, 0.1) is 5.56 Å². The normalized spacial score (nSPS) is 12.9. The second-order valence-electron chi connectivity index (χ2n) is 4.00. The Hall–Kier alpha value is -1.36. The Balaban J connectivity index is 3.09. The van der Waals surface area contributed by atoms with E-state index in [2.05, 4.69) is 5.32 Å². The third kappa shape index (κ3) is 4.14. The van der Waals surface area contributed by atoms with Crippen LogP contribution in [0.15, 0.2) is 23.8 Å². The quantitative estimate of drug-likeness (QED) is 0.811. The summed E-state index contributed by atoms with van der Waals surface area (Å²) in [5, 5.41) is 3.01. The van der Waals surface area contributed by atoms with Gasteiger partial charge in [0.2, 0.25) is 0 Å². The van der Waals surface area contributed by atoms with Gasteiger partial charge in [-0.3, -0.25) is 0 Å². The number of hydrogen-bond donors (Lipinski definition) is 1. The molecule has 0 unspecified atom stereocenters. The Morgan fingerprint density at radius 3 is 2.56 bits per heavy atom. The summed E-state index contributed by atoms with van der Waals surface area (Å²) in [6.45, 7) is 4.88. The SMILES string of the molecule is CCNC/C(C)=C/c1ccc(F)cc1C(F)(F)F. The summed E-state index contributed by atoms with van der Waals surface area (Å²) in [4.78, 5) is 0. The highest BCUT2D eigenvalue weighted by atomic mass is 19.4. The third-order valence-corrected chi connectivity index (χ3v) is 2.38. The first-order valence-corrected chi connectivity index (χ1v) is 5.59. The molecule has 1 aromatic carbocycles. The summed E-state index contributed by atoms with van der Waals surface area (Å²) in [5.41, 5.74) is -0.202. The minimum atomic E-state index is -4.55. The fourth-order valence-electron chi connectivity index (χ4n) is 1.54. The van der Waals surface area contributed by atoms with Gasteiger partial charge in [-0.05, 0) is 31.2 Å². The van der Waals surface area contributed by atoms with E-state index in [1.807, 2.05) is 6.92 Å². The predicted molar refractivity (Wildman–Crippen MR) is 63.6 cm³/mol. The standard InChI is InChI=1S/C13H15F4N/c1-3-18-8-9(2)6-10-4-5-11(14)7-12(10)13(15,16)17/h4-7,18H,3,8H2,1-2H3/b9-6+. The van der Waals surface area contributed by atoms with Crippen LogP contribution in [0.4, 0.5) is 17.6 Å². The van der Waals surface area contributed by atoms with Crippen LogP contribution in [0.5, 0.6) is 0 Å². The minimum Gasteiger partial charge on any atom is -0.313 e. The Morgan fingerprint density at radius 2 is 2.00 bits per heavy atom. The molecular weight excluding hydrogens is 246 g/mol. The molecule has 1 nitrogen and oxygen atoms in total. The van der Waals surface area contributed by atoms with Gasteiger partial charge in [-0.15, -0.1) is 0 Å². The van der Waals surface area contributed by atoms with E-state index in [-0.39, 0.29) is 5.56 Å². The number of likely N-dealkylation sites (N-methyl/N-ethyl adjacent to an activating group) is 1. The average molecular weight is 261 g/mol. The van der Waals surface area contributed by atoms with Gasteiger partial charge in [0.25, 0.3) is 0 Å². The lowest BCUT2D eigenvalue weighted by Crippen LogP contribution is -2.15. The van der Waals surface area contributed by atoms with Crippen molar-refractivity contribution in [1.82, 2.24) is 5.32 Å². The summed E-state index contributed by atoms with van der Waals surface area (Å²) >= 11 is 0. The molecule has 1 N–H and O–H groups in total. The van der Waals surface area contributed by atoms with Crippen LogP contribution in [0, 0.1) is 5.82 Å². The van der Waals surface area contributed by atoms with Gasteiger partial charge >= 0.3 is 6.18 Å². The van der Waals surface area contributed by atoms with Crippen molar-refractivity contribution in [2.24, 2.45) is 0 Å². The molecule has 1 aromatic rings. The average Bonchev–Trinajstić information content (AvgIpc) is 2.27. The topological polar surface area (TPSA) is 12.0 Å². The van der Waals surface area contributed by atoms with Crippen LogP contribution in [0.3, 0.4) is 0 Å². The summed E-state index contributed by atoms with van der Waals surface area (Å²) in [5.74, 6) is -0.885. The molecule has 0 aliphatic rings. The van der Waals surface area contributed by atoms with E-state index >= 15 is 0 Å². The van der Waals surface area contributed by atoms with Crippen molar-refractivity contribution in [2.45, 2.75) is 20.0 Å². The van der Waals surface area contributed by atoms with Crippen LogP contribution in [0.25, 0.3) is 6.08 Å². The molecule has 0 radical (unpaired) electrons. The van der Waals surface area contributed by atoms with E-state index in [9.17, 15) is 17.6 Å². The number of nitrogens with one attached hydrogen (secondary N) is 1. The van der Waals surface area contributed by atoms with E-state index in [0.717, 1.165) is 24.3 Å². The first-order chi connectivity index (χ1) is 8.34. The van der Waals surface area contributed by atoms with Crippen LogP contribution in [-0.2, 0) is 6.18 Å². The number of hydrogen-bond acceptors (Lipinski definition) is 1. The lowest BCUT2D eigenvalue weighted by molar-refractivity contribution is -0.137. The number of rotatable bonds is 4. The Kier molecular flexibility index (Phi) is 4.90. The van der Waals surface area contributed by atoms with Crippen LogP contribution >= 0.6 is 0 Å². The highest BCUT2D eigenvalue weighted by molar-refractivity contribution is 5.57. The molecule has 5 heteroatoms. The van der Waals surface area contributed by atoms with Gasteiger partial charge in [-0.25, -0.2) is 4.39 Å². The molecule has 0 amide bonds. The third-order valence-electron chi connectivity index (χ3n) is 2.38. The fourth-order valence-corrected chi connectivity index (χ4v) is 1.54. The van der Waals surface area contributed by atoms with Crippen molar-refractivity contribution in [3.8, 4) is 0 Å². The van der Waals surface area contributed by atoms with E-state index in [1.54, 1.807) is 6.92 Å². The molecule has 0 bridgehead atoms. The van der Waals surface area contributed by atoms with Crippen molar-refractivity contribution in [3.05, 3.63) is 40.7 Å². The first-order valence-electron chi connectivity index (χ1n) is 5.59. The van der Waals surface area contributed by atoms with Crippen LogP contribution in [0.1, 0.15) is 25.0 Å². The summed E-state index contributed by atoms with van der Waals surface area (Å²) in [7, 11) is 0. The van der Waals surface area contributed by atoms with E-state index in [0.29, 0.717) is 12.6 Å². The zero-order valence-electron chi connectivity index (χ0n) is 10.2.